The van der Waals surface area contributed by atoms with E-state index in [1.807, 2.05) is 12.3 Å². The SMILES string of the molecule is Nc1cnc(NCCc2cccnc2)s1. The first kappa shape index (κ1) is 9.92. The predicted octanol–water partition coefficient (Wildman–Crippen LogP) is 1.77. The molecule has 78 valence electrons. The topological polar surface area (TPSA) is 63.8 Å². The van der Waals surface area contributed by atoms with Crippen molar-refractivity contribution in [1.29, 1.82) is 0 Å². The third-order valence-corrected chi connectivity index (χ3v) is 2.72. The molecule has 2 aromatic heterocycles. The number of pyridine rings is 1. The van der Waals surface area contributed by atoms with Gasteiger partial charge >= 0.3 is 0 Å². The Morgan fingerprint density at radius 1 is 1.40 bits per heavy atom. The Kier molecular flexibility index (Phi) is 3.14. The number of nitrogens with two attached hydrogens (primary N) is 1. The fourth-order valence-corrected chi connectivity index (χ4v) is 1.84. The molecule has 15 heavy (non-hydrogen) atoms. The van der Waals surface area contributed by atoms with Crippen molar-refractivity contribution in [2.24, 2.45) is 0 Å². The van der Waals surface area contributed by atoms with Crippen molar-refractivity contribution in [3.8, 4) is 0 Å². The Balaban J connectivity index is 1.80. The second kappa shape index (κ2) is 4.75. The minimum atomic E-state index is 0.735. The number of thiazole rings is 1. The number of aromatic nitrogens is 2. The maximum Gasteiger partial charge on any atom is 0.184 e. The van der Waals surface area contributed by atoms with Gasteiger partial charge in [0.2, 0.25) is 0 Å². The molecular formula is C10H12N4S. The largest absolute Gasteiger partial charge is 0.389 e. The average Bonchev–Trinajstić information content (AvgIpc) is 2.66. The van der Waals surface area contributed by atoms with Crippen molar-refractivity contribution in [2.45, 2.75) is 6.42 Å². The van der Waals surface area contributed by atoms with Crippen LogP contribution in [0.4, 0.5) is 10.1 Å². The zero-order chi connectivity index (χ0) is 10.5. The minimum Gasteiger partial charge on any atom is -0.389 e. The fourth-order valence-electron chi connectivity index (χ4n) is 1.23. The van der Waals surface area contributed by atoms with Gasteiger partial charge in [0.05, 0.1) is 6.20 Å². The minimum absolute atomic E-state index is 0.735. The summed E-state index contributed by atoms with van der Waals surface area (Å²) in [5.74, 6) is 0. The second-order valence-electron chi connectivity index (χ2n) is 3.11. The first-order valence-corrected chi connectivity index (χ1v) is 5.50. The molecule has 0 aromatic carbocycles. The molecule has 3 N–H and O–H groups in total. The highest BCUT2D eigenvalue weighted by Crippen LogP contribution is 2.19. The van der Waals surface area contributed by atoms with Crippen LogP contribution in [-0.4, -0.2) is 16.5 Å². The molecule has 0 unspecified atom stereocenters. The van der Waals surface area contributed by atoms with Crippen LogP contribution in [0, 0.1) is 0 Å². The molecule has 2 rings (SSSR count). The van der Waals surface area contributed by atoms with E-state index in [1.54, 1.807) is 12.4 Å². The lowest BCUT2D eigenvalue weighted by atomic mass is 10.2. The molecule has 0 amide bonds. The van der Waals surface area contributed by atoms with E-state index in [2.05, 4.69) is 21.4 Å². The van der Waals surface area contributed by atoms with Gasteiger partial charge < -0.3 is 11.1 Å². The molecular weight excluding hydrogens is 208 g/mol. The van der Waals surface area contributed by atoms with Gasteiger partial charge in [0.15, 0.2) is 5.13 Å². The van der Waals surface area contributed by atoms with Gasteiger partial charge in [-0.15, -0.1) is 0 Å². The number of hydrogen-bond acceptors (Lipinski definition) is 5. The van der Waals surface area contributed by atoms with E-state index in [1.165, 1.54) is 16.9 Å². The summed E-state index contributed by atoms with van der Waals surface area (Å²) in [4.78, 5) is 8.17. The summed E-state index contributed by atoms with van der Waals surface area (Å²) in [5, 5.41) is 4.82. The fraction of sp³-hybridized carbons (Fsp3) is 0.200. The van der Waals surface area contributed by atoms with Crippen molar-refractivity contribution in [1.82, 2.24) is 9.97 Å². The van der Waals surface area contributed by atoms with Crippen LogP contribution in [0.25, 0.3) is 0 Å². The van der Waals surface area contributed by atoms with Crippen molar-refractivity contribution >= 4 is 21.5 Å². The van der Waals surface area contributed by atoms with Crippen LogP contribution in [0.3, 0.4) is 0 Å². The maximum atomic E-state index is 5.57. The summed E-state index contributed by atoms with van der Waals surface area (Å²) >= 11 is 1.46. The lowest BCUT2D eigenvalue weighted by molar-refractivity contribution is 1.00. The Bertz CT molecular complexity index is 412. The van der Waals surface area contributed by atoms with Crippen molar-refractivity contribution in [2.75, 3.05) is 17.6 Å². The number of nitrogens with one attached hydrogen (secondary N) is 1. The van der Waals surface area contributed by atoms with E-state index in [0.29, 0.717) is 0 Å². The van der Waals surface area contributed by atoms with Gasteiger partial charge in [-0.2, -0.15) is 0 Å². The zero-order valence-electron chi connectivity index (χ0n) is 8.18. The third-order valence-electron chi connectivity index (χ3n) is 1.94. The lowest BCUT2D eigenvalue weighted by Gasteiger charge is -2.01. The Morgan fingerprint density at radius 3 is 3.00 bits per heavy atom. The molecule has 0 aliphatic heterocycles. The van der Waals surface area contributed by atoms with Gasteiger partial charge in [-0.05, 0) is 18.1 Å². The Hall–Kier alpha value is -1.62. The van der Waals surface area contributed by atoms with E-state index in [0.717, 1.165) is 23.1 Å². The van der Waals surface area contributed by atoms with Gasteiger partial charge in [-0.3, -0.25) is 4.98 Å². The average molecular weight is 220 g/mol. The maximum absolute atomic E-state index is 5.57. The Labute approximate surface area is 92.2 Å². The number of nitrogens with zero attached hydrogens (tertiary/aromatic N) is 2. The van der Waals surface area contributed by atoms with Crippen LogP contribution in [0.2, 0.25) is 0 Å². The quantitative estimate of drug-likeness (QED) is 0.824. The van der Waals surface area contributed by atoms with E-state index < -0.39 is 0 Å². The summed E-state index contributed by atoms with van der Waals surface area (Å²) in [6.07, 6.45) is 6.25. The number of anilines is 2. The molecule has 0 fully saturated rings. The predicted molar refractivity (Wildman–Crippen MR) is 63.0 cm³/mol. The molecule has 2 aromatic rings. The van der Waals surface area contributed by atoms with E-state index in [4.69, 9.17) is 5.73 Å². The van der Waals surface area contributed by atoms with Crippen LogP contribution in [0.15, 0.2) is 30.7 Å². The number of nitrogen functional groups attached to an aromatic ring is 1. The van der Waals surface area contributed by atoms with Crippen LogP contribution >= 0.6 is 11.3 Å². The number of rotatable bonds is 4. The molecule has 5 heteroatoms. The summed E-state index contributed by atoms with van der Waals surface area (Å²) in [6, 6.07) is 4.00. The van der Waals surface area contributed by atoms with Gasteiger partial charge in [-0.1, -0.05) is 17.4 Å². The van der Waals surface area contributed by atoms with Crippen LogP contribution in [-0.2, 0) is 6.42 Å². The molecule has 0 bridgehead atoms. The van der Waals surface area contributed by atoms with Crippen LogP contribution in [0.5, 0.6) is 0 Å². The molecule has 0 aliphatic carbocycles. The standard InChI is InChI=1S/C10H12N4S/c11-9-7-14-10(15-9)13-5-3-8-2-1-4-12-6-8/h1-2,4,6-7H,3,5,11H2,(H,13,14). The normalized spacial score (nSPS) is 10.1. The summed E-state index contributed by atoms with van der Waals surface area (Å²) in [6.45, 7) is 0.846. The summed E-state index contributed by atoms with van der Waals surface area (Å²) < 4.78 is 0. The lowest BCUT2D eigenvalue weighted by Crippen LogP contribution is -2.04. The third kappa shape index (κ3) is 2.92. The first-order valence-electron chi connectivity index (χ1n) is 4.68. The molecule has 0 spiro atoms. The Morgan fingerprint density at radius 2 is 2.33 bits per heavy atom. The summed E-state index contributed by atoms with van der Waals surface area (Å²) in [5.41, 5.74) is 6.78. The van der Waals surface area contributed by atoms with E-state index in [9.17, 15) is 0 Å². The van der Waals surface area contributed by atoms with Gasteiger partial charge in [0, 0.05) is 18.9 Å². The van der Waals surface area contributed by atoms with Gasteiger partial charge in [0.25, 0.3) is 0 Å². The van der Waals surface area contributed by atoms with Gasteiger partial charge in [0.1, 0.15) is 5.00 Å². The first-order chi connectivity index (χ1) is 7.34. The van der Waals surface area contributed by atoms with Crippen LogP contribution in [0.1, 0.15) is 5.56 Å². The van der Waals surface area contributed by atoms with Crippen molar-refractivity contribution in [3.63, 3.8) is 0 Å². The highest BCUT2D eigenvalue weighted by Gasteiger charge is 1.97. The van der Waals surface area contributed by atoms with Gasteiger partial charge in [-0.25, -0.2) is 4.98 Å². The second-order valence-corrected chi connectivity index (χ2v) is 4.17. The van der Waals surface area contributed by atoms with Crippen LogP contribution < -0.4 is 11.1 Å². The molecule has 0 saturated carbocycles. The molecule has 0 radical (unpaired) electrons. The summed E-state index contributed by atoms with van der Waals surface area (Å²) in [7, 11) is 0. The molecule has 0 atom stereocenters. The molecule has 2 heterocycles. The molecule has 0 saturated heterocycles. The highest BCUT2D eigenvalue weighted by molar-refractivity contribution is 7.19. The molecule has 0 aliphatic rings. The van der Waals surface area contributed by atoms with Crippen molar-refractivity contribution in [3.05, 3.63) is 36.3 Å². The monoisotopic (exact) mass is 220 g/mol. The van der Waals surface area contributed by atoms with E-state index in [-0.39, 0.29) is 0 Å². The molecule has 4 nitrogen and oxygen atoms in total. The highest BCUT2D eigenvalue weighted by atomic mass is 32.1. The zero-order valence-corrected chi connectivity index (χ0v) is 9.00. The van der Waals surface area contributed by atoms with Crippen molar-refractivity contribution < 1.29 is 0 Å². The smallest absolute Gasteiger partial charge is 0.184 e. The number of hydrogen-bond donors (Lipinski definition) is 2. The van der Waals surface area contributed by atoms with E-state index >= 15 is 0 Å².